The number of pyridine rings is 1. The molecule has 1 fully saturated rings. The van der Waals surface area contributed by atoms with Gasteiger partial charge in [-0.15, -0.1) is 11.3 Å². The standard InChI is InChI=1S/C23H22ClFN6O2S/c24-16-9-14(1-2-17(16)25)33-11-19-30-20-15(22(32)31-19)5-8-27-21(20)18-12-34-23(29-18)28-10-13-3-6-26-7-4-13/h1-2,5,8-9,12-13,26H,3-4,6-7,10-11H2,(H,28,29)(H,30,31,32)/p+1. The highest BCUT2D eigenvalue weighted by Gasteiger charge is 2.20. The van der Waals surface area contributed by atoms with Crippen molar-refractivity contribution in [2.45, 2.75) is 19.4 Å². The van der Waals surface area contributed by atoms with E-state index in [0.717, 1.165) is 37.6 Å². The second-order valence-corrected chi connectivity index (χ2v) is 9.37. The lowest BCUT2D eigenvalue weighted by Gasteiger charge is -2.22. The van der Waals surface area contributed by atoms with Gasteiger partial charge in [0.25, 0.3) is 11.3 Å². The molecule has 0 radical (unpaired) electrons. The molecular formula is C23H23ClFN6O2S+. The molecule has 4 heterocycles. The van der Waals surface area contributed by atoms with Crippen LogP contribution in [0, 0.1) is 11.7 Å². The topological polar surface area (TPSA) is 106 Å². The molecule has 0 bridgehead atoms. The lowest BCUT2D eigenvalue weighted by molar-refractivity contribution is -0.363. The number of rotatable bonds is 7. The fourth-order valence-electron chi connectivity index (χ4n) is 3.92. The lowest BCUT2D eigenvalue weighted by Crippen LogP contribution is -2.31. The van der Waals surface area contributed by atoms with Gasteiger partial charge in [-0.3, -0.25) is 4.79 Å². The van der Waals surface area contributed by atoms with Crippen LogP contribution < -0.4 is 25.9 Å². The quantitative estimate of drug-likeness (QED) is 0.357. The number of benzene rings is 1. The molecule has 0 spiro atoms. The number of fused-ring (bicyclic) bond motifs is 1. The summed E-state index contributed by atoms with van der Waals surface area (Å²) in [6.07, 6.45) is 4.01. The van der Waals surface area contributed by atoms with Gasteiger partial charge in [-0.1, -0.05) is 11.6 Å². The van der Waals surface area contributed by atoms with Crippen LogP contribution in [0.15, 0.2) is 40.6 Å². The van der Waals surface area contributed by atoms with Crippen molar-refractivity contribution in [1.29, 1.82) is 0 Å². The largest absolute Gasteiger partial charge is 0.486 e. The molecule has 176 valence electrons. The summed E-state index contributed by atoms with van der Waals surface area (Å²) in [5, 5.41) is 10.00. The van der Waals surface area contributed by atoms with Crippen molar-refractivity contribution >= 4 is 39.0 Å². The van der Waals surface area contributed by atoms with E-state index in [-0.39, 0.29) is 17.2 Å². The molecule has 0 unspecified atom stereocenters. The van der Waals surface area contributed by atoms with Crippen LogP contribution in [-0.2, 0) is 6.61 Å². The van der Waals surface area contributed by atoms with E-state index in [9.17, 15) is 9.18 Å². The fraction of sp³-hybridized carbons (Fsp3) is 0.304. The van der Waals surface area contributed by atoms with E-state index in [0.29, 0.717) is 39.8 Å². The number of halogens is 2. The molecule has 4 aromatic rings. The molecule has 0 saturated carbocycles. The Hall–Kier alpha value is -3.08. The number of aromatic nitrogens is 4. The highest BCUT2D eigenvalue weighted by molar-refractivity contribution is 7.14. The van der Waals surface area contributed by atoms with Crippen LogP contribution in [0.3, 0.4) is 0 Å². The minimum absolute atomic E-state index is 0.0123. The maximum Gasteiger partial charge on any atom is 0.259 e. The molecule has 8 nitrogen and oxygen atoms in total. The second-order valence-electron chi connectivity index (χ2n) is 8.10. The van der Waals surface area contributed by atoms with Gasteiger partial charge in [0.1, 0.15) is 29.7 Å². The van der Waals surface area contributed by atoms with Crippen LogP contribution in [0.2, 0.25) is 5.02 Å². The Kier molecular flexibility index (Phi) is 6.70. The van der Waals surface area contributed by atoms with Gasteiger partial charge in [0, 0.05) is 24.1 Å². The number of H-pyrrole nitrogens is 2. The van der Waals surface area contributed by atoms with Crippen molar-refractivity contribution in [1.82, 2.24) is 20.3 Å². The van der Waals surface area contributed by atoms with Crippen LogP contribution in [0.4, 0.5) is 9.52 Å². The van der Waals surface area contributed by atoms with Crippen LogP contribution >= 0.6 is 22.9 Å². The van der Waals surface area contributed by atoms with Crippen molar-refractivity contribution in [2.75, 3.05) is 25.0 Å². The molecule has 4 N–H and O–H groups in total. The molecular weight excluding hydrogens is 479 g/mol. The SMILES string of the molecule is O=c1[nH]c(COc2ccc(F)c(Cl)c2)nc2c(-c3csc(NCC4CCNCC4)n3)[nH+]ccc12. The number of nitrogens with one attached hydrogen (secondary N) is 4. The normalized spacial score (nSPS) is 14.4. The average Bonchev–Trinajstić information content (AvgIpc) is 3.33. The number of aromatic amines is 2. The van der Waals surface area contributed by atoms with E-state index in [1.54, 1.807) is 12.3 Å². The van der Waals surface area contributed by atoms with Crippen molar-refractivity contribution in [3.8, 4) is 17.1 Å². The summed E-state index contributed by atoms with van der Waals surface area (Å²) in [5.74, 6) is 0.812. The Morgan fingerprint density at radius 1 is 1.26 bits per heavy atom. The molecule has 5 rings (SSSR count). The van der Waals surface area contributed by atoms with Crippen LogP contribution in [0.1, 0.15) is 18.7 Å². The second kappa shape index (κ2) is 10.0. The van der Waals surface area contributed by atoms with Crippen LogP contribution in [0.25, 0.3) is 22.3 Å². The minimum atomic E-state index is -0.528. The highest BCUT2D eigenvalue weighted by Crippen LogP contribution is 2.27. The van der Waals surface area contributed by atoms with Gasteiger partial charge in [0.05, 0.1) is 10.4 Å². The molecule has 1 saturated heterocycles. The first kappa shape index (κ1) is 22.7. The zero-order valence-corrected chi connectivity index (χ0v) is 19.7. The average molecular weight is 502 g/mol. The third-order valence-corrected chi connectivity index (χ3v) is 6.84. The Morgan fingerprint density at radius 2 is 2.12 bits per heavy atom. The van der Waals surface area contributed by atoms with Gasteiger partial charge < -0.3 is 20.4 Å². The van der Waals surface area contributed by atoms with E-state index in [1.807, 2.05) is 5.38 Å². The summed E-state index contributed by atoms with van der Waals surface area (Å²) in [5.41, 5.74) is 1.58. The first-order valence-electron chi connectivity index (χ1n) is 11.0. The van der Waals surface area contributed by atoms with E-state index in [4.69, 9.17) is 21.3 Å². The van der Waals surface area contributed by atoms with Crippen LogP contribution in [-0.4, -0.2) is 34.6 Å². The maximum atomic E-state index is 13.4. The molecule has 0 atom stereocenters. The van der Waals surface area contributed by atoms with Gasteiger partial charge in [-0.2, -0.15) is 0 Å². The fourth-order valence-corrected chi connectivity index (χ4v) is 4.80. The summed E-state index contributed by atoms with van der Waals surface area (Å²) in [4.78, 5) is 28.0. The Morgan fingerprint density at radius 3 is 2.94 bits per heavy atom. The molecule has 0 amide bonds. The molecule has 34 heavy (non-hydrogen) atoms. The van der Waals surface area contributed by atoms with E-state index < -0.39 is 5.82 Å². The van der Waals surface area contributed by atoms with Crippen molar-refractivity contribution < 1.29 is 14.1 Å². The number of ether oxygens (including phenoxy) is 1. The van der Waals surface area contributed by atoms with Gasteiger partial charge in [0.2, 0.25) is 0 Å². The Labute approximate surface area is 203 Å². The summed E-state index contributed by atoms with van der Waals surface area (Å²) in [6.45, 7) is 2.99. The lowest BCUT2D eigenvalue weighted by atomic mass is 9.98. The smallest absolute Gasteiger partial charge is 0.259 e. The van der Waals surface area contributed by atoms with Gasteiger partial charge in [0.15, 0.2) is 16.8 Å². The van der Waals surface area contributed by atoms with Crippen LogP contribution in [0.5, 0.6) is 5.75 Å². The predicted molar refractivity (Wildman–Crippen MR) is 130 cm³/mol. The maximum absolute atomic E-state index is 13.4. The molecule has 11 heteroatoms. The molecule has 1 aromatic carbocycles. The Bertz CT molecular complexity index is 1370. The molecule has 1 aliphatic heterocycles. The van der Waals surface area contributed by atoms with Gasteiger partial charge in [-0.05, 0) is 44.0 Å². The number of piperidine rings is 1. The minimum Gasteiger partial charge on any atom is -0.486 e. The van der Waals surface area contributed by atoms with E-state index in [2.05, 4.69) is 25.6 Å². The van der Waals surface area contributed by atoms with E-state index in [1.165, 1.54) is 29.5 Å². The number of hydrogen-bond acceptors (Lipinski definition) is 7. The summed E-state index contributed by atoms with van der Waals surface area (Å²) in [6, 6.07) is 5.74. The summed E-state index contributed by atoms with van der Waals surface area (Å²) in [7, 11) is 0. The van der Waals surface area contributed by atoms with Crippen molar-refractivity contribution in [3.05, 3.63) is 62.9 Å². The molecule has 1 aliphatic rings. The van der Waals surface area contributed by atoms with Gasteiger partial charge >= 0.3 is 0 Å². The van der Waals surface area contributed by atoms with Crippen molar-refractivity contribution in [3.63, 3.8) is 0 Å². The first-order chi connectivity index (χ1) is 16.6. The zero-order valence-electron chi connectivity index (χ0n) is 18.2. The van der Waals surface area contributed by atoms with E-state index >= 15 is 0 Å². The number of nitrogens with zero attached hydrogens (tertiary/aromatic N) is 2. The van der Waals surface area contributed by atoms with Gasteiger partial charge in [-0.25, -0.2) is 19.3 Å². The monoisotopic (exact) mass is 501 g/mol. The predicted octanol–water partition coefficient (Wildman–Crippen LogP) is 3.64. The Balaban J connectivity index is 1.37. The molecule has 0 aliphatic carbocycles. The van der Waals surface area contributed by atoms with Crippen molar-refractivity contribution in [2.24, 2.45) is 5.92 Å². The highest BCUT2D eigenvalue weighted by atomic mass is 35.5. The number of anilines is 1. The number of hydrogen-bond donors (Lipinski definition) is 3. The molecule has 3 aromatic heterocycles. The summed E-state index contributed by atoms with van der Waals surface area (Å²) < 4.78 is 19.0. The number of thiazole rings is 1. The zero-order chi connectivity index (χ0) is 23.5. The first-order valence-corrected chi connectivity index (χ1v) is 12.2. The third kappa shape index (κ3) is 5.03. The third-order valence-electron chi connectivity index (χ3n) is 5.75. The summed E-state index contributed by atoms with van der Waals surface area (Å²) >= 11 is 7.33.